The highest BCUT2D eigenvalue weighted by Crippen LogP contribution is 2.20. The molecule has 1 N–H and O–H groups in total. The third kappa shape index (κ3) is 0.967. The highest BCUT2D eigenvalue weighted by molar-refractivity contribution is 5.91. The molecule has 0 amide bonds. The Kier molecular flexibility index (Phi) is 1.13. The first-order valence-corrected chi connectivity index (χ1v) is 3.53. The molecule has 0 bridgehead atoms. The molecular formula is C8H9NO. The van der Waals surface area contributed by atoms with E-state index < -0.39 is 0 Å². The van der Waals surface area contributed by atoms with Crippen LogP contribution in [0.2, 0.25) is 0 Å². The van der Waals surface area contributed by atoms with Gasteiger partial charge in [-0.3, -0.25) is 4.79 Å². The quantitative estimate of drug-likeness (QED) is 0.498. The van der Waals surface area contributed by atoms with Crippen LogP contribution in [0.4, 0.5) is 0 Å². The second-order valence-corrected chi connectivity index (χ2v) is 2.66. The number of carbonyl (C=O) groups excluding carboxylic acids is 1. The van der Waals surface area contributed by atoms with Gasteiger partial charge in [0.2, 0.25) is 0 Å². The molecule has 2 nitrogen and oxygen atoms in total. The molecule has 0 aromatic rings. The number of hydrogen-bond acceptors (Lipinski definition) is 2. The summed E-state index contributed by atoms with van der Waals surface area (Å²) in [6.45, 7) is 1.02. The lowest BCUT2D eigenvalue weighted by molar-refractivity contribution is -0.114. The number of ketones is 1. The van der Waals surface area contributed by atoms with Gasteiger partial charge < -0.3 is 5.32 Å². The summed E-state index contributed by atoms with van der Waals surface area (Å²) in [5.41, 5.74) is 2.64. The molecule has 2 rings (SSSR count). The van der Waals surface area contributed by atoms with E-state index in [0.717, 1.165) is 13.0 Å². The van der Waals surface area contributed by atoms with Crippen molar-refractivity contribution >= 4 is 5.78 Å². The monoisotopic (exact) mass is 135 g/mol. The Morgan fingerprint density at radius 1 is 1.30 bits per heavy atom. The lowest BCUT2D eigenvalue weighted by Crippen LogP contribution is -1.99. The summed E-state index contributed by atoms with van der Waals surface area (Å²) in [6.07, 6.45) is 5.22. The largest absolute Gasteiger partial charge is 0.381 e. The van der Waals surface area contributed by atoms with E-state index in [1.807, 2.05) is 6.08 Å². The van der Waals surface area contributed by atoms with E-state index in [4.69, 9.17) is 0 Å². The molecule has 10 heavy (non-hydrogen) atoms. The second kappa shape index (κ2) is 1.97. The van der Waals surface area contributed by atoms with E-state index in [1.54, 1.807) is 6.08 Å². The zero-order valence-electron chi connectivity index (χ0n) is 5.68. The van der Waals surface area contributed by atoms with Gasteiger partial charge in [-0.15, -0.1) is 0 Å². The highest BCUT2D eigenvalue weighted by Gasteiger charge is 2.17. The molecule has 0 aromatic carbocycles. The summed E-state index contributed by atoms with van der Waals surface area (Å²) in [7, 11) is 0. The van der Waals surface area contributed by atoms with Crippen LogP contribution in [0.5, 0.6) is 0 Å². The molecule has 2 heteroatoms. The highest BCUT2D eigenvalue weighted by atomic mass is 16.1. The van der Waals surface area contributed by atoms with E-state index in [9.17, 15) is 4.79 Å². The van der Waals surface area contributed by atoms with Crippen LogP contribution in [0.25, 0.3) is 0 Å². The van der Waals surface area contributed by atoms with Crippen molar-refractivity contribution < 1.29 is 4.79 Å². The smallest absolute Gasteiger partial charge is 0.156 e. The van der Waals surface area contributed by atoms with Crippen molar-refractivity contribution in [1.82, 2.24) is 5.32 Å². The van der Waals surface area contributed by atoms with Gasteiger partial charge in [-0.1, -0.05) is 6.08 Å². The summed E-state index contributed by atoms with van der Waals surface area (Å²) in [6, 6.07) is 0. The summed E-state index contributed by atoms with van der Waals surface area (Å²) in [5, 5.41) is 3.14. The SMILES string of the molecule is O=C1C=CC(=C2CN2)CC1. The van der Waals surface area contributed by atoms with Crippen molar-refractivity contribution in [1.29, 1.82) is 0 Å². The van der Waals surface area contributed by atoms with Crippen LogP contribution in [-0.2, 0) is 4.79 Å². The van der Waals surface area contributed by atoms with Gasteiger partial charge in [0.05, 0.1) is 6.54 Å². The minimum atomic E-state index is 0.255. The standard InChI is InChI=1S/C8H9NO/c10-7-3-1-6(2-4-7)8-5-9-8/h1,3,9H,2,4-5H2. The molecule has 0 atom stereocenters. The normalized spacial score (nSPS) is 30.2. The first-order valence-electron chi connectivity index (χ1n) is 3.53. The number of hydrogen-bond donors (Lipinski definition) is 1. The lowest BCUT2D eigenvalue weighted by Gasteiger charge is -2.03. The van der Waals surface area contributed by atoms with Crippen LogP contribution in [-0.4, -0.2) is 12.3 Å². The van der Waals surface area contributed by atoms with Crippen molar-refractivity contribution in [3.63, 3.8) is 0 Å². The number of carbonyl (C=O) groups is 1. The van der Waals surface area contributed by atoms with Crippen molar-refractivity contribution in [2.75, 3.05) is 6.54 Å². The van der Waals surface area contributed by atoms with E-state index in [0.29, 0.717) is 6.42 Å². The van der Waals surface area contributed by atoms with E-state index in [2.05, 4.69) is 5.32 Å². The molecular weight excluding hydrogens is 126 g/mol. The molecule has 0 radical (unpaired) electrons. The van der Waals surface area contributed by atoms with E-state index in [-0.39, 0.29) is 5.78 Å². The Morgan fingerprint density at radius 2 is 2.10 bits per heavy atom. The molecule has 1 saturated heterocycles. The average molecular weight is 135 g/mol. The zero-order chi connectivity index (χ0) is 6.97. The molecule has 0 saturated carbocycles. The topological polar surface area (TPSA) is 39.0 Å². The Balaban J connectivity index is 2.22. The molecule has 1 fully saturated rings. The van der Waals surface area contributed by atoms with Crippen LogP contribution in [0.3, 0.4) is 0 Å². The van der Waals surface area contributed by atoms with Crippen LogP contribution in [0, 0.1) is 0 Å². The third-order valence-electron chi connectivity index (χ3n) is 1.85. The van der Waals surface area contributed by atoms with Gasteiger partial charge in [0.25, 0.3) is 0 Å². The van der Waals surface area contributed by atoms with Crippen LogP contribution in [0.1, 0.15) is 12.8 Å². The molecule has 0 unspecified atom stereocenters. The van der Waals surface area contributed by atoms with Crippen molar-refractivity contribution in [3.8, 4) is 0 Å². The van der Waals surface area contributed by atoms with E-state index >= 15 is 0 Å². The maximum absolute atomic E-state index is 10.7. The predicted octanol–water partition coefficient (Wildman–Crippen LogP) is 0.763. The van der Waals surface area contributed by atoms with Crippen molar-refractivity contribution in [2.45, 2.75) is 12.8 Å². The van der Waals surface area contributed by atoms with Gasteiger partial charge in [-0.05, 0) is 18.1 Å². The number of nitrogens with one attached hydrogen (secondary N) is 1. The van der Waals surface area contributed by atoms with Crippen LogP contribution in [0.15, 0.2) is 23.4 Å². The third-order valence-corrected chi connectivity index (χ3v) is 1.85. The minimum absolute atomic E-state index is 0.255. The lowest BCUT2D eigenvalue weighted by atomic mass is 10.0. The number of allylic oxidation sites excluding steroid dienone is 3. The first-order chi connectivity index (χ1) is 4.86. The molecule has 1 heterocycles. The Labute approximate surface area is 59.6 Å². The summed E-state index contributed by atoms with van der Waals surface area (Å²) in [4.78, 5) is 10.7. The minimum Gasteiger partial charge on any atom is -0.381 e. The fourth-order valence-corrected chi connectivity index (χ4v) is 1.14. The van der Waals surface area contributed by atoms with Gasteiger partial charge in [0, 0.05) is 12.1 Å². The maximum Gasteiger partial charge on any atom is 0.156 e. The van der Waals surface area contributed by atoms with Crippen LogP contribution < -0.4 is 5.32 Å². The predicted molar refractivity (Wildman–Crippen MR) is 38.4 cm³/mol. The molecule has 2 aliphatic rings. The molecule has 52 valence electrons. The van der Waals surface area contributed by atoms with Gasteiger partial charge in [0.1, 0.15) is 0 Å². The molecule has 1 aliphatic heterocycles. The summed E-state index contributed by atoms with van der Waals surface area (Å²) >= 11 is 0. The summed E-state index contributed by atoms with van der Waals surface area (Å²) in [5.74, 6) is 0.255. The average Bonchev–Trinajstić information content (AvgIpc) is 2.71. The molecule has 0 spiro atoms. The maximum atomic E-state index is 10.7. The van der Waals surface area contributed by atoms with Gasteiger partial charge >= 0.3 is 0 Å². The molecule has 0 aromatic heterocycles. The Morgan fingerprint density at radius 3 is 2.60 bits per heavy atom. The molecule has 1 aliphatic carbocycles. The van der Waals surface area contributed by atoms with Crippen LogP contribution >= 0.6 is 0 Å². The van der Waals surface area contributed by atoms with Gasteiger partial charge in [-0.25, -0.2) is 0 Å². The number of rotatable bonds is 0. The first kappa shape index (κ1) is 5.71. The van der Waals surface area contributed by atoms with E-state index in [1.165, 1.54) is 11.3 Å². The van der Waals surface area contributed by atoms with Crippen molar-refractivity contribution in [3.05, 3.63) is 23.4 Å². The Bertz CT molecular complexity index is 232. The fraction of sp³-hybridized carbons (Fsp3) is 0.375. The van der Waals surface area contributed by atoms with Gasteiger partial charge in [0.15, 0.2) is 5.78 Å². The zero-order valence-corrected chi connectivity index (χ0v) is 5.68. The summed E-state index contributed by atoms with van der Waals surface area (Å²) < 4.78 is 0. The fourth-order valence-electron chi connectivity index (χ4n) is 1.14. The van der Waals surface area contributed by atoms with Gasteiger partial charge in [-0.2, -0.15) is 0 Å². The Hall–Kier alpha value is -1.05. The van der Waals surface area contributed by atoms with Crippen molar-refractivity contribution in [2.24, 2.45) is 0 Å². The second-order valence-electron chi connectivity index (χ2n) is 2.66.